The molecule has 4 rings (SSSR count). The van der Waals surface area contributed by atoms with E-state index in [-0.39, 0.29) is 12.5 Å². The van der Waals surface area contributed by atoms with Crippen LogP contribution in [-0.4, -0.2) is 32.5 Å². The number of aliphatic hydroxyl groups excluding tert-OH is 1. The summed E-state index contributed by atoms with van der Waals surface area (Å²) in [5.74, 6) is -0.106. The molecule has 0 atom stereocenters. The maximum atomic E-state index is 12.3. The number of imidazole rings is 1. The first-order chi connectivity index (χ1) is 9.71. The Morgan fingerprint density at radius 2 is 2.40 bits per heavy atom. The van der Waals surface area contributed by atoms with Gasteiger partial charge in [0.2, 0.25) is 0 Å². The number of thiazole rings is 1. The molecule has 0 radical (unpaired) electrons. The Morgan fingerprint density at radius 3 is 3.10 bits per heavy atom. The zero-order valence-electron chi connectivity index (χ0n) is 10.6. The van der Waals surface area contributed by atoms with E-state index in [0.29, 0.717) is 4.88 Å². The van der Waals surface area contributed by atoms with Crippen LogP contribution in [0.15, 0.2) is 17.6 Å². The lowest BCUT2D eigenvalue weighted by Crippen LogP contribution is -2.56. The fourth-order valence-corrected chi connectivity index (χ4v) is 4.28. The summed E-state index contributed by atoms with van der Waals surface area (Å²) in [6, 6.07) is 1.88. The van der Waals surface area contributed by atoms with Gasteiger partial charge in [0.1, 0.15) is 4.83 Å². The van der Waals surface area contributed by atoms with E-state index in [9.17, 15) is 9.90 Å². The fourth-order valence-electron chi connectivity index (χ4n) is 2.59. The Morgan fingerprint density at radius 1 is 1.55 bits per heavy atom. The van der Waals surface area contributed by atoms with Crippen molar-refractivity contribution in [2.24, 2.45) is 0 Å². The molecular formula is C13H13N3O2S2. The van der Waals surface area contributed by atoms with Crippen molar-refractivity contribution in [2.75, 3.05) is 6.61 Å². The zero-order valence-corrected chi connectivity index (χ0v) is 12.3. The molecule has 1 aliphatic rings. The number of hydrogen-bond acceptors (Lipinski definition) is 5. The van der Waals surface area contributed by atoms with Crippen LogP contribution in [0.2, 0.25) is 0 Å². The highest BCUT2D eigenvalue weighted by atomic mass is 32.1. The van der Waals surface area contributed by atoms with Gasteiger partial charge in [-0.1, -0.05) is 0 Å². The Balaban J connectivity index is 1.67. The van der Waals surface area contributed by atoms with Crippen molar-refractivity contribution in [3.63, 3.8) is 0 Å². The summed E-state index contributed by atoms with van der Waals surface area (Å²) in [4.78, 5) is 19.3. The Hall–Kier alpha value is -1.44. The van der Waals surface area contributed by atoms with Crippen LogP contribution in [-0.2, 0) is 0 Å². The van der Waals surface area contributed by atoms with E-state index < -0.39 is 5.54 Å². The molecule has 0 bridgehead atoms. The van der Waals surface area contributed by atoms with Gasteiger partial charge in [-0.2, -0.15) is 0 Å². The van der Waals surface area contributed by atoms with Gasteiger partial charge in [0.05, 0.1) is 22.5 Å². The molecule has 5 nitrogen and oxygen atoms in total. The number of fused-ring (bicyclic) bond motifs is 3. The van der Waals surface area contributed by atoms with Crippen molar-refractivity contribution in [2.45, 2.75) is 24.8 Å². The minimum absolute atomic E-state index is 0.0115. The molecule has 1 saturated carbocycles. The lowest BCUT2D eigenvalue weighted by atomic mass is 9.77. The number of rotatable bonds is 3. The number of amides is 1. The van der Waals surface area contributed by atoms with E-state index in [2.05, 4.69) is 10.3 Å². The Kier molecular flexibility index (Phi) is 2.63. The molecule has 2 N–H and O–H groups in total. The van der Waals surface area contributed by atoms with Crippen LogP contribution in [0.1, 0.15) is 28.9 Å². The Labute approximate surface area is 122 Å². The average Bonchev–Trinajstić information content (AvgIpc) is 3.04. The number of hydrogen-bond donors (Lipinski definition) is 2. The number of nitrogens with one attached hydrogen (secondary N) is 1. The number of aromatic nitrogens is 2. The number of nitrogens with zero attached hydrogens (tertiary/aromatic N) is 2. The summed E-state index contributed by atoms with van der Waals surface area (Å²) in [6.07, 6.45) is 4.73. The van der Waals surface area contributed by atoms with E-state index >= 15 is 0 Å². The standard InChI is InChI=1S/C13H13N3O2S2/c17-7-13(2-1-3-13)15-10(18)9-6-8-11(20-9)14-12-16(8)4-5-19-12/h4-6,17H,1-3,7H2,(H,15,18). The van der Waals surface area contributed by atoms with Crippen molar-refractivity contribution < 1.29 is 9.90 Å². The second kappa shape index (κ2) is 4.28. The van der Waals surface area contributed by atoms with Gasteiger partial charge in [-0.15, -0.1) is 22.7 Å². The zero-order chi connectivity index (χ0) is 13.7. The molecule has 7 heteroatoms. The van der Waals surface area contributed by atoms with Crippen molar-refractivity contribution >= 4 is 43.9 Å². The van der Waals surface area contributed by atoms with Gasteiger partial charge in [0, 0.05) is 11.6 Å². The van der Waals surface area contributed by atoms with E-state index in [4.69, 9.17) is 0 Å². The van der Waals surface area contributed by atoms with Gasteiger partial charge in [-0.25, -0.2) is 4.98 Å². The largest absolute Gasteiger partial charge is 0.394 e. The highest BCUT2D eigenvalue weighted by molar-refractivity contribution is 7.21. The molecule has 0 saturated heterocycles. The summed E-state index contributed by atoms with van der Waals surface area (Å²) in [5.41, 5.74) is 0.576. The van der Waals surface area contributed by atoms with Gasteiger partial charge < -0.3 is 10.4 Å². The number of carbonyl (C=O) groups excluding carboxylic acids is 1. The van der Waals surface area contributed by atoms with Crippen LogP contribution in [0.3, 0.4) is 0 Å². The van der Waals surface area contributed by atoms with Gasteiger partial charge in [-0.05, 0) is 25.3 Å². The lowest BCUT2D eigenvalue weighted by molar-refractivity contribution is 0.0645. The molecule has 3 aromatic heterocycles. The smallest absolute Gasteiger partial charge is 0.262 e. The molecule has 0 spiro atoms. The minimum Gasteiger partial charge on any atom is -0.394 e. The average molecular weight is 307 g/mol. The first kappa shape index (κ1) is 12.3. The van der Waals surface area contributed by atoms with Gasteiger partial charge in [0.25, 0.3) is 5.91 Å². The first-order valence-corrected chi connectivity index (χ1v) is 8.19. The third kappa shape index (κ3) is 1.70. The molecular weight excluding hydrogens is 294 g/mol. The van der Waals surface area contributed by atoms with E-state index in [1.54, 1.807) is 11.3 Å². The maximum Gasteiger partial charge on any atom is 0.262 e. The maximum absolute atomic E-state index is 12.3. The van der Waals surface area contributed by atoms with Crippen molar-refractivity contribution in [1.82, 2.24) is 14.7 Å². The van der Waals surface area contributed by atoms with Crippen molar-refractivity contribution in [1.29, 1.82) is 0 Å². The highest BCUT2D eigenvalue weighted by Gasteiger charge is 2.38. The first-order valence-electron chi connectivity index (χ1n) is 6.49. The van der Waals surface area contributed by atoms with Crippen LogP contribution in [0, 0.1) is 0 Å². The quantitative estimate of drug-likeness (QED) is 0.780. The SMILES string of the molecule is O=C(NC1(CO)CCC1)c1cc2c(nc3sccn32)s1. The van der Waals surface area contributed by atoms with Crippen LogP contribution >= 0.6 is 22.7 Å². The van der Waals surface area contributed by atoms with E-state index in [0.717, 1.165) is 34.6 Å². The van der Waals surface area contributed by atoms with Crippen LogP contribution < -0.4 is 5.32 Å². The fraction of sp³-hybridized carbons (Fsp3) is 0.385. The van der Waals surface area contributed by atoms with E-state index in [1.807, 2.05) is 22.0 Å². The van der Waals surface area contributed by atoms with Crippen LogP contribution in [0.5, 0.6) is 0 Å². The second-order valence-electron chi connectivity index (χ2n) is 5.21. The molecule has 20 heavy (non-hydrogen) atoms. The highest BCUT2D eigenvalue weighted by Crippen LogP contribution is 2.33. The predicted molar refractivity (Wildman–Crippen MR) is 79.6 cm³/mol. The molecule has 0 aromatic carbocycles. The Bertz CT molecular complexity index is 791. The summed E-state index contributed by atoms with van der Waals surface area (Å²) in [6.45, 7) is 0.0115. The predicted octanol–water partition coefficient (Wildman–Crippen LogP) is 2.26. The third-order valence-corrected chi connectivity index (χ3v) is 5.73. The van der Waals surface area contributed by atoms with Crippen molar-refractivity contribution in [3.8, 4) is 0 Å². The number of carbonyl (C=O) groups is 1. The molecule has 3 heterocycles. The number of thiophene rings is 1. The normalized spacial score (nSPS) is 17.4. The molecule has 3 aromatic rings. The van der Waals surface area contributed by atoms with Gasteiger partial charge in [-0.3, -0.25) is 9.20 Å². The third-order valence-electron chi connectivity index (χ3n) is 3.96. The molecule has 1 aliphatic carbocycles. The lowest BCUT2D eigenvalue weighted by Gasteiger charge is -2.40. The van der Waals surface area contributed by atoms with Gasteiger partial charge >= 0.3 is 0 Å². The summed E-state index contributed by atoms with van der Waals surface area (Å²) in [7, 11) is 0. The second-order valence-corrected chi connectivity index (χ2v) is 7.12. The molecule has 0 aliphatic heterocycles. The molecule has 104 valence electrons. The van der Waals surface area contributed by atoms with Crippen LogP contribution in [0.4, 0.5) is 0 Å². The summed E-state index contributed by atoms with van der Waals surface area (Å²) >= 11 is 2.99. The summed E-state index contributed by atoms with van der Waals surface area (Å²) in [5, 5.41) is 14.4. The number of aliphatic hydroxyl groups is 1. The van der Waals surface area contributed by atoms with Gasteiger partial charge in [0.15, 0.2) is 4.96 Å². The van der Waals surface area contributed by atoms with Crippen LogP contribution in [0.25, 0.3) is 15.3 Å². The monoisotopic (exact) mass is 307 g/mol. The minimum atomic E-state index is -0.399. The topological polar surface area (TPSA) is 66.6 Å². The molecule has 1 amide bonds. The molecule has 1 fully saturated rings. The summed E-state index contributed by atoms with van der Waals surface area (Å²) < 4.78 is 2.00. The van der Waals surface area contributed by atoms with E-state index in [1.165, 1.54) is 11.3 Å². The molecule has 0 unspecified atom stereocenters. The van der Waals surface area contributed by atoms with Crippen molar-refractivity contribution in [3.05, 3.63) is 22.5 Å².